The van der Waals surface area contributed by atoms with Crippen LogP contribution in [0.15, 0.2) is 23.4 Å². The van der Waals surface area contributed by atoms with E-state index < -0.39 is 29.5 Å². The summed E-state index contributed by atoms with van der Waals surface area (Å²) in [6.07, 6.45) is -5.04. The van der Waals surface area contributed by atoms with Crippen molar-refractivity contribution in [2.75, 3.05) is 18.9 Å². The third-order valence-electron chi connectivity index (χ3n) is 4.07. The van der Waals surface area contributed by atoms with E-state index in [1.165, 1.54) is 11.0 Å². The molecule has 134 valence electrons. The molecule has 0 saturated carbocycles. The molecular formula is C15H14F3N3O4. The van der Waals surface area contributed by atoms with Gasteiger partial charge in [0, 0.05) is 24.8 Å². The van der Waals surface area contributed by atoms with E-state index >= 15 is 0 Å². The fourth-order valence-corrected chi connectivity index (χ4v) is 2.69. The number of ether oxygens (including phenoxy) is 1. The van der Waals surface area contributed by atoms with E-state index in [2.05, 4.69) is 15.2 Å². The first kappa shape index (κ1) is 17.1. The summed E-state index contributed by atoms with van der Waals surface area (Å²) in [4.78, 5) is 31.2. The first-order valence-electron chi connectivity index (χ1n) is 7.38. The number of oxime groups is 1. The van der Waals surface area contributed by atoms with Crippen LogP contribution in [0.4, 0.5) is 18.9 Å². The Bertz CT molecular complexity index is 778. The van der Waals surface area contributed by atoms with Gasteiger partial charge in [-0.3, -0.25) is 9.59 Å². The van der Waals surface area contributed by atoms with Crippen molar-refractivity contribution in [3.8, 4) is 5.75 Å². The van der Waals surface area contributed by atoms with Gasteiger partial charge < -0.3 is 19.8 Å². The van der Waals surface area contributed by atoms with Crippen LogP contribution in [-0.4, -0.2) is 42.4 Å². The Morgan fingerprint density at radius 1 is 1.48 bits per heavy atom. The number of hydrogen-bond donors (Lipinski definition) is 1. The van der Waals surface area contributed by atoms with Gasteiger partial charge in [0.2, 0.25) is 5.60 Å². The lowest BCUT2D eigenvalue weighted by molar-refractivity contribution is -0.274. The first-order valence-corrected chi connectivity index (χ1v) is 7.38. The molecule has 0 fully saturated rings. The van der Waals surface area contributed by atoms with E-state index in [9.17, 15) is 22.8 Å². The van der Waals surface area contributed by atoms with Crippen molar-refractivity contribution in [3.63, 3.8) is 0 Å². The summed E-state index contributed by atoms with van der Waals surface area (Å²) in [5.41, 5.74) is -1.22. The predicted octanol–water partition coefficient (Wildman–Crippen LogP) is 1.99. The lowest BCUT2D eigenvalue weighted by Gasteiger charge is -2.19. The van der Waals surface area contributed by atoms with Gasteiger partial charge in [-0.2, -0.15) is 0 Å². The highest BCUT2D eigenvalue weighted by molar-refractivity contribution is 6.40. The number of rotatable bonds is 3. The van der Waals surface area contributed by atoms with Gasteiger partial charge in [0.05, 0.1) is 6.42 Å². The molecule has 1 unspecified atom stereocenters. The topological polar surface area (TPSA) is 80.2 Å². The maximum Gasteiger partial charge on any atom is 0.573 e. The van der Waals surface area contributed by atoms with E-state index in [1.54, 1.807) is 14.0 Å². The first-order chi connectivity index (χ1) is 11.7. The number of carbonyl (C=O) groups excluding carboxylic acids is 2. The number of carbonyl (C=O) groups is 2. The van der Waals surface area contributed by atoms with Crippen LogP contribution in [0, 0.1) is 0 Å². The smallest absolute Gasteiger partial charge is 0.406 e. The number of alkyl halides is 3. The zero-order chi connectivity index (χ0) is 18.4. The number of amides is 2. The maximum atomic E-state index is 12.4. The summed E-state index contributed by atoms with van der Waals surface area (Å²) in [6.45, 7) is 2.19. The van der Waals surface area contributed by atoms with E-state index in [1.807, 2.05) is 0 Å². The normalized spacial score (nSPS) is 21.5. The minimum absolute atomic E-state index is 0.0227. The number of nitrogens with one attached hydrogen (secondary N) is 1. The van der Waals surface area contributed by atoms with E-state index in [0.717, 1.165) is 12.1 Å². The minimum Gasteiger partial charge on any atom is -0.406 e. The molecule has 1 aromatic rings. The Balaban J connectivity index is 1.92. The molecule has 0 aromatic heterocycles. The molecule has 2 heterocycles. The zero-order valence-electron chi connectivity index (χ0n) is 13.3. The fourth-order valence-electron chi connectivity index (χ4n) is 2.69. The molecular weight excluding hydrogens is 343 g/mol. The standard InChI is InChI=1S/C15H14F3N3O4/c1-3-21(2)12(22)11-7-14(25-20-11)9-6-8(24-15(16,17)18)4-5-10(9)19-13(14)23/h4-6H,3,7H2,1-2H3,(H,19,23). The summed E-state index contributed by atoms with van der Waals surface area (Å²) in [5, 5.41) is 6.22. The van der Waals surface area contributed by atoms with Gasteiger partial charge in [-0.1, -0.05) is 5.16 Å². The Kier molecular flexibility index (Phi) is 3.85. The SMILES string of the molecule is CCN(C)C(=O)C1=NOC2(C1)C(=O)Nc1ccc(OC(F)(F)F)cc12. The molecule has 3 rings (SSSR count). The Labute approximate surface area is 140 Å². The second-order valence-corrected chi connectivity index (χ2v) is 5.66. The second-order valence-electron chi connectivity index (χ2n) is 5.66. The highest BCUT2D eigenvalue weighted by atomic mass is 19.4. The minimum atomic E-state index is -4.87. The quantitative estimate of drug-likeness (QED) is 0.897. The molecule has 2 aliphatic heterocycles. The lowest BCUT2D eigenvalue weighted by Crippen LogP contribution is -2.38. The number of anilines is 1. The average Bonchev–Trinajstić information content (AvgIpc) is 3.09. The Morgan fingerprint density at radius 3 is 2.84 bits per heavy atom. The van der Waals surface area contributed by atoms with Gasteiger partial charge in [0.15, 0.2) is 0 Å². The third-order valence-corrected chi connectivity index (χ3v) is 4.07. The highest BCUT2D eigenvalue weighted by Crippen LogP contribution is 2.46. The molecule has 2 amide bonds. The maximum absolute atomic E-state index is 12.4. The van der Waals surface area contributed by atoms with Gasteiger partial charge in [-0.05, 0) is 25.1 Å². The van der Waals surface area contributed by atoms with Crippen LogP contribution in [-0.2, 0) is 20.0 Å². The van der Waals surface area contributed by atoms with Gasteiger partial charge in [-0.15, -0.1) is 13.2 Å². The molecule has 1 aromatic carbocycles. The van der Waals surface area contributed by atoms with E-state index in [4.69, 9.17) is 4.84 Å². The van der Waals surface area contributed by atoms with Gasteiger partial charge in [0.1, 0.15) is 11.5 Å². The molecule has 0 aliphatic carbocycles. The highest BCUT2D eigenvalue weighted by Gasteiger charge is 2.55. The molecule has 0 radical (unpaired) electrons. The molecule has 0 bridgehead atoms. The summed E-state index contributed by atoms with van der Waals surface area (Å²) < 4.78 is 41.2. The van der Waals surface area contributed by atoms with Gasteiger partial charge in [0.25, 0.3) is 11.8 Å². The van der Waals surface area contributed by atoms with Gasteiger partial charge >= 0.3 is 6.36 Å². The van der Waals surface area contributed by atoms with Crippen molar-refractivity contribution in [2.45, 2.75) is 25.3 Å². The molecule has 1 spiro atoms. The lowest BCUT2D eigenvalue weighted by atomic mass is 9.90. The van der Waals surface area contributed by atoms with Crippen molar-refractivity contribution in [1.82, 2.24) is 4.90 Å². The molecule has 7 nitrogen and oxygen atoms in total. The molecule has 1 N–H and O–H groups in total. The van der Waals surface area contributed by atoms with Crippen molar-refractivity contribution in [1.29, 1.82) is 0 Å². The number of fused-ring (bicyclic) bond motifs is 2. The summed E-state index contributed by atoms with van der Waals surface area (Å²) in [7, 11) is 1.56. The Morgan fingerprint density at radius 2 is 2.20 bits per heavy atom. The molecule has 25 heavy (non-hydrogen) atoms. The third kappa shape index (κ3) is 2.87. The van der Waals surface area contributed by atoms with E-state index in [-0.39, 0.29) is 23.4 Å². The van der Waals surface area contributed by atoms with Crippen molar-refractivity contribution < 1.29 is 32.3 Å². The number of hydrogen-bond acceptors (Lipinski definition) is 5. The van der Waals surface area contributed by atoms with Crippen LogP contribution >= 0.6 is 0 Å². The largest absolute Gasteiger partial charge is 0.573 e. The number of halogens is 3. The monoisotopic (exact) mass is 357 g/mol. The molecule has 0 saturated heterocycles. The van der Waals surface area contributed by atoms with Crippen LogP contribution in [0.5, 0.6) is 5.75 Å². The summed E-state index contributed by atoms with van der Waals surface area (Å²) in [5.74, 6) is -1.50. The number of nitrogens with zero attached hydrogens (tertiary/aromatic N) is 2. The molecule has 1 atom stereocenters. The Hall–Kier alpha value is -2.78. The molecule has 10 heteroatoms. The van der Waals surface area contributed by atoms with E-state index in [0.29, 0.717) is 6.54 Å². The van der Waals surface area contributed by atoms with Crippen molar-refractivity contribution >= 4 is 23.2 Å². The zero-order valence-corrected chi connectivity index (χ0v) is 13.3. The summed E-state index contributed by atoms with van der Waals surface area (Å²) >= 11 is 0. The van der Waals surface area contributed by atoms with Crippen LogP contribution in [0.2, 0.25) is 0 Å². The summed E-state index contributed by atoms with van der Waals surface area (Å²) in [6, 6.07) is 3.43. The van der Waals surface area contributed by atoms with Crippen molar-refractivity contribution in [2.24, 2.45) is 5.16 Å². The van der Waals surface area contributed by atoms with Crippen molar-refractivity contribution in [3.05, 3.63) is 23.8 Å². The van der Waals surface area contributed by atoms with Crippen LogP contribution in [0.1, 0.15) is 18.9 Å². The van der Waals surface area contributed by atoms with Crippen LogP contribution < -0.4 is 10.1 Å². The van der Waals surface area contributed by atoms with Crippen LogP contribution in [0.25, 0.3) is 0 Å². The van der Waals surface area contributed by atoms with Gasteiger partial charge in [-0.25, -0.2) is 0 Å². The average molecular weight is 357 g/mol. The second kappa shape index (κ2) is 5.64. The van der Waals surface area contributed by atoms with Crippen LogP contribution in [0.3, 0.4) is 0 Å². The predicted molar refractivity (Wildman–Crippen MR) is 79.9 cm³/mol. The number of benzene rings is 1. The molecule has 2 aliphatic rings. The fraction of sp³-hybridized carbons (Fsp3) is 0.400.